The van der Waals surface area contributed by atoms with Gasteiger partial charge >= 0.3 is 5.97 Å². The summed E-state index contributed by atoms with van der Waals surface area (Å²) < 4.78 is 22.3. The van der Waals surface area contributed by atoms with Gasteiger partial charge in [-0.2, -0.15) is 5.10 Å². The lowest BCUT2D eigenvalue weighted by Crippen LogP contribution is -2.12. The molecule has 6 rings (SSSR count). The predicted molar refractivity (Wildman–Crippen MR) is 167 cm³/mol. The summed E-state index contributed by atoms with van der Waals surface area (Å²) in [5.41, 5.74) is 8.73. The van der Waals surface area contributed by atoms with Crippen LogP contribution in [-0.2, 0) is 55.5 Å². The first kappa shape index (κ1) is 29.5. The Bertz CT molecular complexity index is 1620. The molecule has 0 atom stereocenters. The zero-order chi connectivity index (χ0) is 29.9. The number of carbonyl (C=O) groups is 1. The number of benzene rings is 2. The van der Waals surface area contributed by atoms with E-state index in [-0.39, 0.29) is 6.10 Å². The highest BCUT2D eigenvalue weighted by Gasteiger charge is 2.28. The Hall–Kier alpha value is -3.62. The van der Waals surface area contributed by atoms with E-state index in [2.05, 4.69) is 30.3 Å². The second kappa shape index (κ2) is 12.9. The molecule has 1 N–H and O–H groups in total. The van der Waals surface area contributed by atoms with Crippen molar-refractivity contribution in [2.24, 2.45) is 7.05 Å². The Kier molecular flexibility index (Phi) is 8.86. The number of para-hydroxylation sites is 1. The van der Waals surface area contributed by atoms with Gasteiger partial charge in [0.05, 0.1) is 42.8 Å². The van der Waals surface area contributed by atoms with Gasteiger partial charge in [0.2, 0.25) is 0 Å². The van der Waals surface area contributed by atoms with E-state index >= 15 is 0 Å². The normalized spacial score (nSPS) is 15.3. The number of carboxylic acids is 1. The molecule has 4 aromatic rings. The lowest BCUT2D eigenvalue weighted by molar-refractivity contribution is 0.0635. The Labute approximate surface area is 253 Å². The molecule has 1 aliphatic heterocycles. The third kappa shape index (κ3) is 5.95. The SMILES string of the molecule is CC(C)OCc1nn(C)c2c1-c1cccc3c(CCCOc4cccc5c4CCCC5)c(C(=O)O)n(c13)CCCCOC2. The summed E-state index contributed by atoms with van der Waals surface area (Å²) in [5.74, 6) is 0.0911. The van der Waals surface area contributed by atoms with E-state index in [0.717, 1.165) is 76.8 Å². The number of rotatable bonds is 9. The fourth-order valence-corrected chi connectivity index (χ4v) is 6.80. The van der Waals surface area contributed by atoms with Gasteiger partial charge in [-0.15, -0.1) is 0 Å². The molecular weight excluding hydrogens is 542 g/mol. The topological polar surface area (TPSA) is 87.7 Å². The van der Waals surface area contributed by atoms with Crippen LogP contribution in [0.2, 0.25) is 0 Å². The number of fused-ring (bicyclic) bond motifs is 3. The van der Waals surface area contributed by atoms with Crippen LogP contribution in [0, 0.1) is 0 Å². The summed E-state index contributed by atoms with van der Waals surface area (Å²) >= 11 is 0. The molecule has 2 aliphatic rings. The van der Waals surface area contributed by atoms with E-state index in [0.29, 0.717) is 45.1 Å². The minimum Gasteiger partial charge on any atom is -0.493 e. The molecule has 0 spiro atoms. The van der Waals surface area contributed by atoms with E-state index in [9.17, 15) is 9.90 Å². The Morgan fingerprint density at radius 2 is 1.93 bits per heavy atom. The van der Waals surface area contributed by atoms with Gasteiger partial charge in [0.15, 0.2) is 0 Å². The van der Waals surface area contributed by atoms with Crippen molar-refractivity contribution in [3.8, 4) is 16.9 Å². The third-order valence-corrected chi connectivity index (χ3v) is 8.79. The van der Waals surface area contributed by atoms with E-state index in [1.54, 1.807) is 0 Å². The van der Waals surface area contributed by atoms with Gasteiger partial charge < -0.3 is 23.9 Å². The molecule has 0 bridgehead atoms. The zero-order valence-corrected chi connectivity index (χ0v) is 25.7. The van der Waals surface area contributed by atoms with Crippen molar-refractivity contribution in [2.75, 3.05) is 13.2 Å². The summed E-state index contributed by atoms with van der Waals surface area (Å²) in [7, 11) is 1.94. The van der Waals surface area contributed by atoms with E-state index < -0.39 is 5.97 Å². The molecule has 1 aliphatic carbocycles. The fraction of sp³-hybridized carbons (Fsp3) is 0.486. The maximum absolute atomic E-state index is 12.9. The van der Waals surface area contributed by atoms with Crippen molar-refractivity contribution in [3.05, 3.63) is 70.2 Å². The number of nitrogens with zero attached hydrogens (tertiary/aromatic N) is 3. The fourth-order valence-electron chi connectivity index (χ4n) is 6.80. The van der Waals surface area contributed by atoms with Crippen LogP contribution < -0.4 is 4.74 Å². The van der Waals surface area contributed by atoms with Gasteiger partial charge in [-0.3, -0.25) is 4.68 Å². The van der Waals surface area contributed by atoms with Crippen LogP contribution in [0.1, 0.15) is 84.5 Å². The molecule has 0 radical (unpaired) electrons. The number of ether oxygens (including phenoxy) is 3. The highest BCUT2D eigenvalue weighted by Crippen LogP contribution is 2.39. The van der Waals surface area contributed by atoms with Crippen molar-refractivity contribution < 1.29 is 24.1 Å². The van der Waals surface area contributed by atoms with Gasteiger partial charge in [-0.05, 0) is 88.0 Å². The van der Waals surface area contributed by atoms with Crippen LogP contribution in [0.4, 0.5) is 0 Å². The average Bonchev–Trinajstić information content (AvgIpc) is 3.48. The lowest BCUT2D eigenvalue weighted by Gasteiger charge is -2.19. The van der Waals surface area contributed by atoms with Gasteiger partial charge in [0.1, 0.15) is 11.4 Å². The van der Waals surface area contributed by atoms with Crippen LogP contribution in [0.15, 0.2) is 36.4 Å². The van der Waals surface area contributed by atoms with Gasteiger partial charge in [0, 0.05) is 36.7 Å². The van der Waals surface area contributed by atoms with Crippen molar-refractivity contribution in [1.29, 1.82) is 0 Å². The molecule has 0 fully saturated rings. The molecule has 8 heteroatoms. The molecule has 8 nitrogen and oxygen atoms in total. The smallest absolute Gasteiger partial charge is 0.352 e. The standard InChI is InChI=1S/C35H43N3O5/c1-23(2)43-21-29-32-28-15-9-14-26-27(16-10-20-42-31-17-8-12-24-11-4-5-13-25(24)31)34(35(39)40)38(33(26)28)18-6-7-19-41-22-30(32)37(3)36-29/h8-9,12,14-15,17,23H,4-7,10-11,13,16,18-22H2,1-3H3,(H,39,40). The van der Waals surface area contributed by atoms with Crippen LogP contribution in [-0.4, -0.2) is 44.7 Å². The number of hydrogen-bond donors (Lipinski definition) is 1. The molecule has 43 heavy (non-hydrogen) atoms. The lowest BCUT2D eigenvalue weighted by atomic mass is 9.91. The number of aromatic nitrogens is 3. The van der Waals surface area contributed by atoms with Crippen molar-refractivity contribution in [3.63, 3.8) is 0 Å². The summed E-state index contributed by atoms with van der Waals surface area (Å²) in [5, 5.41) is 16.4. The largest absolute Gasteiger partial charge is 0.493 e. The number of carboxylic acid groups (broad SMARTS) is 1. The first-order valence-electron chi connectivity index (χ1n) is 15.8. The molecule has 2 aromatic carbocycles. The first-order valence-corrected chi connectivity index (χ1v) is 15.8. The minimum atomic E-state index is -0.893. The molecule has 0 saturated heterocycles. The van der Waals surface area contributed by atoms with Crippen LogP contribution in [0.25, 0.3) is 22.0 Å². The molecule has 228 valence electrons. The quantitative estimate of drug-likeness (QED) is 0.216. The summed E-state index contributed by atoms with van der Waals surface area (Å²) in [6, 6.07) is 12.6. The van der Waals surface area contributed by atoms with E-state index in [4.69, 9.17) is 19.3 Å². The summed E-state index contributed by atoms with van der Waals surface area (Å²) in [4.78, 5) is 12.9. The van der Waals surface area contributed by atoms with Crippen molar-refractivity contribution in [1.82, 2.24) is 14.3 Å². The highest BCUT2D eigenvalue weighted by atomic mass is 16.5. The van der Waals surface area contributed by atoms with Crippen molar-refractivity contribution >= 4 is 16.9 Å². The number of aromatic carboxylic acids is 1. The minimum absolute atomic E-state index is 0.0603. The average molecular weight is 586 g/mol. The molecule has 0 unspecified atom stereocenters. The Balaban J connectivity index is 1.39. The Morgan fingerprint density at radius 3 is 2.77 bits per heavy atom. The molecule has 0 saturated carbocycles. The van der Waals surface area contributed by atoms with Gasteiger partial charge in [0.25, 0.3) is 0 Å². The second-order valence-corrected chi connectivity index (χ2v) is 12.1. The van der Waals surface area contributed by atoms with Crippen molar-refractivity contribution in [2.45, 2.75) is 91.1 Å². The zero-order valence-electron chi connectivity index (χ0n) is 25.7. The highest BCUT2D eigenvalue weighted by molar-refractivity contribution is 6.04. The van der Waals surface area contributed by atoms with E-state index in [1.165, 1.54) is 24.0 Å². The molecule has 3 heterocycles. The monoisotopic (exact) mass is 585 g/mol. The molecule has 2 aromatic heterocycles. The maximum Gasteiger partial charge on any atom is 0.352 e. The van der Waals surface area contributed by atoms with Crippen LogP contribution >= 0.6 is 0 Å². The molecular formula is C35H43N3O5. The predicted octanol–water partition coefficient (Wildman–Crippen LogP) is 6.87. The summed E-state index contributed by atoms with van der Waals surface area (Å²) in [6.07, 6.45) is 7.71. The number of hydrogen-bond acceptors (Lipinski definition) is 5. The maximum atomic E-state index is 12.9. The van der Waals surface area contributed by atoms with Crippen LogP contribution in [0.3, 0.4) is 0 Å². The van der Waals surface area contributed by atoms with Crippen LogP contribution in [0.5, 0.6) is 5.75 Å². The summed E-state index contributed by atoms with van der Waals surface area (Å²) in [6.45, 7) is 6.61. The second-order valence-electron chi connectivity index (χ2n) is 12.1. The van der Waals surface area contributed by atoms with Gasteiger partial charge in [-0.25, -0.2) is 4.79 Å². The first-order chi connectivity index (χ1) is 20.9. The van der Waals surface area contributed by atoms with Gasteiger partial charge in [-0.1, -0.05) is 30.3 Å². The number of aryl methyl sites for hydroxylation is 4. The van der Waals surface area contributed by atoms with E-state index in [1.807, 2.05) is 36.2 Å². The molecule has 0 amide bonds. The third-order valence-electron chi connectivity index (χ3n) is 8.79. The Morgan fingerprint density at radius 1 is 1.09 bits per heavy atom.